The van der Waals surface area contributed by atoms with Crippen molar-refractivity contribution in [3.05, 3.63) is 47.5 Å². The third kappa shape index (κ3) is 2.25. The van der Waals surface area contributed by atoms with Crippen LogP contribution in [0, 0.1) is 13.8 Å². The Hall–Kier alpha value is -2.69. The predicted molar refractivity (Wildman–Crippen MR) is 77.7 cm³/mol. The Kier molecular flexibility index (Phi) is 2.95. The first kappa shape index (κ1) is 12.3. The minimum absolute atomic E-state index is 0.232. The Morgan fingerprint density at radius 1 is 0.950 bits per heavy atom. The Bertz CT molecular complexity index is 786. The zero-order valence-electron chi connectivity index (χ0n) is 11.3. The van der Waals surface area contributed by atoms with Crippen LogP contribution in [0.1, 0.15) is 11.1 Å². The molecule has 0 aliphatic carbocycles. The number of aromatic nitrogens is 3. The van der Waals surface area contributed by atoms with E-state index in [4.69, 9.17) is 10.5 Å². The molecule has 100 valence electrons. The van der Waals surface area contributed by atoms with E-state index in [0.717, 1.165) is 27.8 Å². The Morgan fingerprint density at radius 3 is 2.50 bits per heavy atom. The van der Waals surface area contributed by atoms with E-state index in [1.165, 1.54) is 0 Å². The van der Waals surface area contributed by atoms with Gasteiger partial charge < -0.3 is 10.5 Å². The molecule has 0 aliphatic rings. The third-order valence-corrected chi connectivity index (χ3v) is 3.11. The van der Waals surface area contributed by atoms with Crippen LogP contribution in [0.15, 0.2) is 36.4 Å². The summed E-state index contributed by atoms with van der Waals surface area (Å²) in [6.07, 6.45) is 0. The van der Waals surface area contributed by atoms with Crippen LogP contribution >= 0.6 is 0 Å². The van der Waals surface area contributed by atoms with Crippen LogP contribution in [0.25, 0.3) is 11.0 Å². The summed E-state index contributed by atoms with van der Waals surface area (Å²) in [6.45, 7) is 3.86. The highest BCUT2D eigenvalue weighted by atomic mass is 16.5. The molecule has 0 bridgehead atoms. The second-order valence-electron chi connectivity index (χ2n) is 4.66. The molecule has 3 aromatic rings. The molecule has 0 radical (unpaired) electrons. The maximum atomic E-state index is 5.86. The monoisotopic (exact) mass is 266 g/mol. The minimum Gasteiger partial charge on any atom is -0.423 e. The highest BCUT2D eigenvalue weighted by molar-refractivity contribution is 5.73. The molecule has 5 nitrogen and oxygen atoms in total. The van der Waals surface area contributed by atoms with Crippen LogP contribution in [0.3, 0.4) is 0 Å². The summed E-state index contributed by atoms with van der Waals surface area (Å²) in [4.78, 5) is 4.34. The second-order valence-corrected chi connectivity index (χ2v) is 4.66. The minimum atomic E-state index is 0.232. The van der Waals surface area contributed by atoms with Gasteiger partial charge in [0.2, 0.25) is 0 Å². The van der Waals surface area contributed by atoms with Gasteiger partial charge in [0, 0.05) is 5.69 Å². The number of rotatable bonds is 2. The van der Waals surface area contributed by atoms with Crippen LogP contribution in [0.4, 0.5) is 5.69 Å². The predicted octanol–water partition coefficient (Wildman–Crippen LogP) is 3.02. The molecular weight excluding hydrogens is 252 g/mol. The van der Waals surface area contributed by atoms with Gasteiger partial charge in [-0.2, -0.15) is 4.98 Å². The zero-order valence-corrected chi connectivity index (χ0v) is 11.3. The molecule has 5 heteroatoms. The van der Waals surface area contributed by atoms with Gasteiger partial charge in [0.1, 0.15) is 11.3 Å². The first-order chi connectivity index (χ1) is 9.63. The summed E-state index contributed by atoms with van der Waals surface area (Å²) in [5.41, 5.74) is 9.99. The molecule has 2 aromatic carbocycles. The van der Waals surface area contributed by atoms with Crippen molar-refractivity contribution in [3.8, 4) is 11.8 Å². The average molecular weight is 266 g/mol. The number of hydrogen-bond acceptors (Lipinski definition) is 5. The average Bonchev–Trinajstić information content (AvgIpc) is 2.44. The first-order valence-electron chi connectivity index (χ1n) is 6.27. The standard InChI is InChI=1S/C15H14N4O/c1-9-8-14(10(2)7-11(9)16)20-15-17-12-5-3-4-6-13(12)18-19-15/h3-8H,16H2,1-2H3. The molecule has 0 atom stereocenters. The molecule has 0 unspecified atom stereocenters. The van der Waals surface area contributed by atoms with E-state index in [0.29, 0.717) is 5.75 Å². The highest BCUT2D eigenvalue weighted by Crippen LogP contribution is 2.27. The Balaban J connectivity index is 1.99. The molecular formula is C15H14N4O. The number of nitrogen functional groups attached to an aromatic ring is 1. The van der Waals surface area contributed by atoms with Crippen LogP contribution in [0.2, 0.25) is 0 Å². The summed E-state index contributed by atoms with van der Waals surface area (Å²) in [5, 5.41) is 8.07. The fourth-order valence-corrected chi connectivity index (χ4v) is 1.93. The summed E-state index contributed by atoms with van der Waals surface area (Å²) in [7, 11) is 0. The van der Waals surface area contributed by atoms with Crippen molar-refractivity contribution in [3.63, 3.8) is 0 Å². The fraction of sp³-hybridized carbons (Fsp3) is 0.133. The van der Waals surface area contributed by atoms with Gasteiger partial charge in [-0.15, -0.1) is 5.10 Å². The normalized spacial score (nSPS) is 10.7. The summed E-state index contributed by atoms with van der Waals surface area (Å²) < 4.78 is 5.71. The molecule has 2 N–H and O–H groups in total. The van der Waals surface area contributed by atoms with E-state index in [2.05, 4.69) is 15.2 Å². The molecule has 3 rings (SSSR count). The number of fused-ring (bicyclic) bond motifs is 1. The summed E-state index contributed by atoms with van der Waals surface area (Å²) >= 11 is 0. The lowest BCUT2D eigenvalue weighted by atomic mass is 10.1. The van der Waals surface area contributed by atoms with Gasteiger partial charge in [0.05, 0.1) is 5.52 Å². The first-order valence-corrected chi connectivity index (χ1v) is 6.27. The molecule has 20 heavy (non-hydrogen) atoms. The van der Waals surface area contributed by atoms with Gasteiger partial charge in [-0.25, -0.2) is 0 Å². The summed E-state index contributed by atoms with van der Waals surface area (Å²) in [5.74, 6) is 0.689. The van der Waals surface area contributed by atoms with E-state index in [-0.39, 0.29) is 6.01 Å². The molecule has 0 amide bonds. The topological polar surface area (TPSA) is 73.9 Å². The van der Waals surface area contributed by atoms with Crippen molar-refractivity contribution >= 4 is 16.7 Å². The van der Waals surface area contributed by atoms with E-state index in [9.17, 15) is 0 Å². The van der Waals surface area contributed by atoms with E-state index in [1.807, 2.05) is 50.2 Å². The molecule has 0 aliphatic heterocycles. The number of para-hydroxylation sites is 1. The number of ether oxygens (including phenoxy) is 1. The molecule has 1 heterocycles. The lowest BCUT2D eigenvalue weighted by molar-refractivity contribution is 0.433. The SMILES string of the molecule is Cc1cc(Oc2nnc3ccccc3n2)c(C)cc1N. The van der Waals surface area contributed by atoms with Crippen LogP contribution in [-0.2, 0) is 0 Å². The molecule has 0 fully saturated rings. The van der Waals surface area contributed by atoms with Crippen molar-refractivity contribution in [2.45, 2.75) is 13.8 Å². The lowest BCUT2D eigenvalue weighted by Crippen LogP contribution is -1.98. The van der Waals surface area contributed by atoms with Gasteiger partial charge in [0.25, 0.3) is 0 Å². The van der Waals surface area contributed by atoms with Gasteiger partial charge >= 0.3 is 6.01 Å². The highest BCUT2D eigenvalue weighted by Gasteiger charge is 2.08. The van der Waals surface area contributed by atoms with Crippen LogP contribution < -0.4 is 10.5 Å². The largest absolute Gasteiger partial charge is 0.423 e. The van der Waals surface area contributed by atoms with Crippen molar-refractivity contribution in [2.75, 3.05) is 5.73 Å². The molecule has 0 saturated heterocycles. The molecule has 1 aromatic heterocycles. The molecule has 0 spiro atoms. The third-order valence-electron chi connectivity index (χ3n) is 3.11. The van der Waals surface area contributed by atoms with E-state index >= 15 is 0 Å². The van der Waals surface area contributed by atoms with Crippen LogP contribution in [0.5, 0.6) is 11.8 Å². The van der Waals surface area contributed by atoms with Crippen molar-refractivity contribution in [2.24, 2.45) is 0 Å². The van der Waals surface area contributed by atoms with Gasteiger partial charge in [-0.3, -0.25) is 0 Å². The number of anilines is 1. The van der Waals surface area contributed by atoms with Crippen molar-refractivity contribution < 1.29 is 4.74 Å². The van der Waals surface area contributed by atoms with Crippen LogP contribution in [-0.4, -0.2) is 15.2 Å². The van der Waals surface area contributed by atoms with E-state index < -0.39 is 0 Å². The number of hydrogen-bond donors (Lipinski definition) is 1. The molecule has 0 saturated carbocycles. The maximum Gasteiger partial charge on any atom is 0.341 e. The van der Waals surface area contributed by atoms with Gasteiger partial charge in [-0.1, -0.05) is 17.2 Å². The number of aryl methyl sites for hydroxylation is 2. The number of nitrogens with two attached hydrogens (primary N) is 1. The van der Waals surface area contributed by atoms with Crippen molar-refractivity contribution in [1.29, 1.82) is 0 Å². The number of benzene rings is 2. The quantitative estimate of drug-likeness (QED) is 0.722. The lowest BCUT2D eigenvalue weighted by Gasteiger charge is -2.09. The smallest absolute Gasteiger partial charge is 0.341 e. The Labute approximate surface area is 116 Å². The van der Waals surface area contributed by atoms with E-state index in [1.54, 1.807) is 0 Å². The number of nitrogens with zero attached hydrogens (tertiary/aromatic N) is 3. The van der Waals surface area contributed by atoms with Gasteiger partial charge in [-0.05, 0) is 49.2 Å². The second kappa shape index (κ2) is 4.77. The zero-order chi connectivity index (χ0) is 14.1. The maximum absolute atomic E-state index is 5.86. The fourth-order valence-electron chi connectivity index (χ4n) is 1.93. The van der Waals surface area contributed by atoms with Gasteiger partial charge in [0.15, 0.2) is 0 Å². The summed E-state index contributed by atoms with van der Waals surface area (Å²) in [6, 6.07) is 11.5. The Morgan fingerprint density at radius 2 is 1.70 bits per heavy atom. The van der Waals surface area contributed by atoms with Crippen molar-refractivity contribution in [1.82, 2.24) is 15.2 Å².